The fraction of sp³-hybridized carbons (Fsp3) is 0.0455. The number of nitrogens with one attached hydrogen (secondary N) is 1. The van der Waals surface area contributed by atoms with E-state index in [0.717, 1.165) is 11.1 Å². The van der Waals surface area contributed by atoms with Crippen molar-refractivity contribution >= 4 is 32.9 Å². The molecule has 3 aromatic rings. The molecular weight excluding hydrogens is 394 g/mol. The Kier molecular flexibility index (Phi) is 6.41. The predicted molar refractivity (Wildman–Crippen MR) is 111 cm³/mol. The average Bonchev–Trinajstić information content (AvgIpc) is 2.72. The van der Waals surface area contributed by atoms with Crippen LogP contribution in [0.1, 0.15) is 22.7 Å². The number of rotatable bonds is 7. The van der Waals surface area contributed by atoms with E-state index in [0.29, 0.717) is 5.56 Å². The molecule has 0 fully saturated rings. The second kappa shape index (κ2) is 8.97. The number of carbonyl (C=O) groups excluding carboxylic acids is 1. The highest BCUT2D eigenvalue weighted by atomic mass is 35.5. The summed E-state index contributed by atoms with van der Waals surface area (Å²) in [5.41, 5.74) is 2.23. The fourth-order valence-corrected chi connectivity index (χ4v) is 4.12. The van der Waals surface area contributed by atoms with Crippen LogP contribution in [0.25, 0.3) is 6.08 Å². The summed E-state index contributed by atoms with van der Waals surface area (Å²) in [6.45, 7) is 0. The van der Waals surface area contributed by atoms with Crippen molar-refractivity contribution in [2.24, 2.45) is 0 Å². The maximum atomic E-state index is 13.1. The van der Waals surface area contributed by atoms with Crippen LogP contribution in [0.5, 0.6) is 0 Å². The number of carbonyl (C=O) groups is 1. The summed E-state index contributed by atoms with van der Waals surface area (Å²) in [6, 6.07) is 24.5. The summed E-state index contributed by atoms with van der Waals surface area (Å²) in [5.74, 6) is 0. The average molecular weight is 412 g/mol. The van der Waals surface area contributed by atoms with Crippen LogP contribution in [0.2, 0.25) is 0 Å². The molecule has 0 saturated heterocycles. The quantitative estimate of drug-likeness (QED) is 0.458. The van der Waals surface area contributed by atoms with Crippen molar-refractivity contribution in [3.8, 4) is 0 Å². The van der Waals surface area contributed by atoms with Crippen LogP contribution in [0.3, 0.4) is 0 Å². The minimum absolute atomic E-state index is 0.105. The van der Waals surface area contributed by atoms with Gasteiger partial charge in [0.1, 0.15) is 0 Å². The van der Waals surface area contributed by atoms with Crippen molar-refractivity contribution in [2.45, 2.75) is 10.9 Å². The monoisotopic (exact) mass is 411 g/mol. The normalized spacial score (nSPS) is 11.8. The lowest BCUT2D eigenvalue weighted by Gasteiger charge is -2.20. The summed E-state index contributed by atoms with van der Waals surface area (Å²) in [5, 5.41) is -0.625. The third-order valence-corrected chi connectivity index (χ3v) is 5.66. The largest absolute Gasteiger partial charge is 0.276 e. The highest BCUT2D eigenvalue weighted by Crippen LogP contribution is 2.25. The molecule has 0 aromatic heterocycles. The molecule has 0 radical (unpaired) electrons. The van der Waals surface area contributed by atoms with Gasteiger partial charge in [0.15, 0.2) is 0 Å². The molecule has 0 atom stereocenters. The number of allylic oxidation sites excluding steroid dienone is 1. The molecular formula is C22H18ClNO3S. The molecule has 0 bridgehead atoms. The van der Waals surface area contributed by atoms with Crippen LogP contribution < -0.4 is 4.72 Å². The number of hydrogen-bond donors (Lipinski definition) is 1. The Labute approximate surface area is 169 Å². The van der Waals surface area contributed by atoms with E-state index >= 15 is 0 Å². The van der Waals surface area contributed by atoms with Crippen molar-refractivity contribution < 1.29 is 13.2 Å². The maximum absolute atomic E-state index is 13.1. The third kappa shape index (κ3) is 5.16. The van der Waals surface area contributed by atoms with Crippen molar-refractivity contribution in [3.63, 3.8) is 0 Å². The first-order chi connectivity index (χ1) is 13.5. The van der Waals surface area contributed by atoms with Gasteiger partial charge >= 0.3 is 0 Å². The van der Waals surface area contributed by atoms with E-state index in [-0.39, 0.29) is 4.90 Å². The molecule has 0 aliphatic heterocycles. The summed E-state index contributed by atoms with van der Waals surface area (Å²) >= 11 is 5.31. The van der Waals surface area contributed by atoms with Gasteiger partial charge in [-0.3, -0.25) is 4.79 Å². The maximum Gasteiger partial charge on any atom is 0.245 e. The van der Waals surface area contributed by atoms with Gasteiger partial charge in [0.2, 0.25) is 15.3 Å². The molecule has 6 heteroatoms. The highest BCUT2D eigenvalue weighted by molar-refractivity contribution is 7.89. The van der Waals surface area contributed by atoms with E-state index in [4.69, 9.17) is 11.6 Å². The molecule has 3 rings (SSSR count). The third-order valence-electron chi connectivity index (χ3n) is 4.11. The van der Waals surface area contributed by atoms with Gasteiger partial charge < -0.3 is 0 Å². The van der Waals surface area contributed by atoms with Crippen LogP contribution in [0, 0.1) is 0 Å². The summed E-state index contributed by atoms with van der Waals surface area (Å²) in [7, 11) is -3.82. The molecule has 0 saturated carbocycles. The lowest BCUT2D eigenvalue weighted by molar-refractivity contribution is -0.107. The van der Waals surface area contributed by atoms with Crippen molar-refractivity contribution in [2.75, 3.05) is 0 Å². The Morgan fingerprint density at radius 3 is 1.96 bits per heavy atom. The SMILES string of the molecule is O=C(Cl)C=Cc1cccc(S(=O)(=O)NC(c2ccccc2)c2ccccc2)c1. The number of sulfonamides is 1. The Morgan fingerprint density at radius 1 is 0.857 bits per heavy atom. The van der Waals surface area contributed by atoms with Crippen LogP contribution in [-0.4, -0.2) is 13.7 Å². The molecule has 4 nitrogen and oxygen atoms in total. The van der Waals surface area contributed by atoms with Gasteiger partial charge in [0.05, 0.1) is 10.9 Å². The molecule has 142 valence electrons. The molecule has 0 heterocycles. The minimum atomic E-state index is -3.82. The van der Waals surface area contributed by atoms with E-state index in [1.54, 1.807) is 12.1 Å². The number of benzene rings is 3. The van der Waals surface area contributed by atoms with Crippen molar-refractivity contribution in [1.29, 1.82) is 0 Å². The van der Waals surface area contributed by atoms with Crippen molar-refractivity contribution in [1.82, 2.24) is 4.72 Å². The number of hydrogen-bond acceptors (Lipinski definition) is 3. The first-order valence-electron chi connectivity index (χ1n) is 8.55. The number of halogens is 1. The van der Waals surface area contributed by atoms with Gasteiger partial charge in [-0.15, -0.1) is 0 Å². The molecule has 28 heavy (non-hydrogen) atoms. The van der Waals surface area contributed by atoms with Gasteiger partial charge in [-0.05, 0) is 46.5 Å². The van der Waals surface area contributed by atoms with E-state index < -0.39 is 21.3 Å². The van der Waals surface area contributed by atoms with Gasteiger partial charge in [-0.1, -0.05) is 78.9 Å². The predicted octanol–water partition coefficient (Wildman–Crippen LogP) is 4.53. The Morgan fingerprint density at radius 2 is 1.43 bits per heavy atom. The second-order valence-electron chi connectivity index (χ2n) is 6.09. The van der Waals surface area contributed by atoms with Gasteiger partial charge in [-0.25, -0.2) is 8.42 Å². The topological polar surface area (TPSA) is 63.2 Å². The standard InChI is InChI=1S/C22H18ClNO3S/c23-21(25)15-14-17-8-7-13-20(16-17)28(26,27)24-22(18-9-3-1-4-10-18)19-11-5-2-6-12-19/h1-16,22,24H. The fourth-order valence-electron chi connectivity index (χ4n) is 2.79. The van der Waals surface area contributed by atoms with Crippen LogP contribution in [0.4, 0.5) is 0 Å². The first-order valence-corrected chi connectivity index (χ1v) is 10.4. The lowest BCUT2D eigenvalue weighted by atomic mass is 10.00. The summed E-state index contributed by atoms with van der Waals surface area (Å²) < 4.78 is 28.9. The zero-order valence-electron chi connectivity index (χ0n) is 14.8. The first kappa shape index (κ1) is 20.0. The highest BCUT2D eigenvalue weighted by Gasteiger charge is 2.22. The molecule has 0 amide bonds. The van der Waals surface area contributed by atoms with Gasteiger partial charge in [0.25, 0.3) is 0 Å². The smallest absolute Gasteiger partial charge is 0.245 e. The molecule has 0 aliphatic carbocycles. The Balaban J connectivity index is 1.96. The van der Waals surface area contributed by atoms with E-state index in [1.807, 2.05) is 60.7 Å². The van der Waals surface area contributed by atoms with E-state index in [1.165, 1.54) is 24.3 Å². The van der Waals surface area contributed by atoms with Crippen LogP contribution >= 0.6 is 11.6 Å². The summed E-state index contributed by atoms with van der Waals surface area (Å²) in [6.07, 6.45) is 2.65. The lowest BCUT2D eigenvalue weighted by Crippen LogP contribution is -2.29. The molecule has 3 aromatic carbocycles. The van der Waals surface area contributed by atoms with Gasteiger partial charge in [-0.2, -0.15) is 4.72 Å². The van der Waals surface area contributed by atoms with Crippen LogP contribution in [0.15, 0.2) is 95.9 Å². The zero-order valence-corrected chi connectivity index (χ0v) is 16.4. The minimum Gasteiger partial charge on any atom is -0.276 e. The molecule has 0 unspecified atom stereocenters. The van der Waals surface area contributed by atoms with Gasteiger partial charge in [0, 0.05) is 0 Å². The Bertz CT molecular complexity index is 1040. The van der Waals surface area contributed by atoms with E-state index in [2.05, 4.69) is 4.72 Å². The van der Waals surface area contributed by atoms with Crippen molar-refractivity contribution in [3.05, 3.63) is 108 Å². The zero-order chi connectivity index (χ0) is 20.0. The Hall–Kier alpha value is -2.73. The van der Waals surface area contributed by atoms with E-state index in [9.17, 15) is 13.2 Å². The van der Waals surface area contributed by atoms with Crippen LogP contribution in [-0.2, 0) is 14.8 Å². The summed E-state index contributed by atoms with van der Waals surface area (Å²) in [4.78, 5) is 11.0. The molecule has 0 aliphatic rings. The second-order valence-corrected chi connectivity index (χ2v) is 8.17. The molecule has 0 spiro atoms. The molecule has 1 N–H and O–H groups in total.